The molecule has 0 aromatic heterocycles. The topological polar surface area (TPSA) is 55.8 Å². The molecule has 0 spiro atoms. The maximum atomic E-state index is 13.7. The molecule has 3 aromatic carbocycles. The molecule has 200 valence electrons. The summed E-state index contributed by atoms with van der Waals surface area (Å²) >= 11 is 7.17. The van der Waals surface area contributed by atoms with E-state index in [1.54, 1.807) is 31.2 Å². The molecule has 0 amide bonds. The van der Waals surface area contributed by atoms with Crippen molar-refractivity contribution in [3.8, 4) is 0 Å². The van der Waals surface area contributed by atoms with Crippen LogP contribution in [0.15, 0.2) is 139 Å². The van der Waals surface area contributed by atoms with E-state index in [1.807, 2.05) is 61.5 Å². The molecule has 0 heterocycles. The van der Waals surface area contributed by atoms with Gasteiger partial charge in [0, 0.05) is 0 Å². The van der Waals surface area contributed by atoms with Gasteiger partial charge in [-0.25, -0.2) is 0 Å². The zero-order valence-corrected chi connectivity index (χ0v) is 23.8. The number of carbonyl (C=O) groups excluding carboxylic acids is 1. The van der Waals surface area contributed by atoms with Crippen LogP contribution in [0.1, 0.15) is 13.8 Å². The van der Waals surface area contributed by atoms with Crippen LogP contribution in [-0.4, -0.2) is 29.2 Å². The largest absolute Gasteiger partial charge is 0.510 e. The molecule has 3 aromatic rings. The van der Waals surface area contributed by atoms with Crippen LogP contribution in [0.25, 0.3) is 0 Å². The maximum absolute atomic E-state index is 13.7. The highest BCUT2D eigenvalue weighted by Crippen LogP contribution is 2.59. The van der Waals surface area contributed by atoms with E-state index >= 15 is 0 Å². The highest BCUT2D eigenvalue weighted by Gasteiger charge is 2.52. The number of esters is 1. The molecule has 0 saturated carbocycles. The molecule has 1 N–H and O–H groups in total. The zero-order valence-electron chi connectivity index (χ0n) is 22.1. The molecule has 2 unspecified atom stereocenters. The van der Waals surface area contributed by atoms with Gasteiger partial charge >= 0.3 is 5.97 Å². The van der Waals surface area contributed by atoms with Crippen molar-refractivity contribution < 1.29 is 19.4 Å². The number of hydrogen-bond acceptors (Lipinski definition) is 4. The minimum Gasteiger partial charge on any atom is -0.510 e. The first kappa shape index (κ1) is 28.4. The van der Waals surface area contributed by atoms with Crippen LogP contribution in [0.5, 0.6) is 0 Å². The van der Waals surface area contributed by atoms with Crippen LogP contribution < -0.4 is 15.9 Å². The lowest BCUT2D eigenvalue weighted by atomic mass is 9.87. The second kappa shape index (κ2) is 13.0. The smallest absolute Gasteiger partial charge is 0.319 e. The molecule has 0 bridgehead atoms. The monoisotopic (exact) mass is 559 g/mol. The third-order valence-electron chi connectivity index (χ3n) is 6.56. The van der Waals surface area contributed by atoms with E-state index in [0.29, 0.717) is 12.4 Å². The number of ether oxygens (including phenoxy) is 2. The summed E-state index contributed by atoms with van der Waals surface area (Å²) in [6.45, 7) is 4.06. The SMILES string of the molecule is CCOC(=O)C(/C(=C/[P+](c1ccccc1)(c1ccccc1)c1ccccc1)OCC)C1(Cl)C=CC=CC=C1O. The fourth-order valence-electron chi connectivity index (χ4n) is 4.80. The molecule has 0 radical (unpaired) electrons. The Morgan fingerprint density at radius 3 is 1.77 bits per heavy atom. The van der Waals surface area contributed by atoms with E-state index in [0.717, 1.165) is 15.9 Å². The molecule has 4 nitrogen and oxygen atoms in total. The van der Waals surface area contributed by atoms with Crippen LogP contribution in [0.3, 0.4) is 0 Å². The lowest BCUT2D eigenvalue weighted by Crippen LogP contribution is -2.41. The van der Waals surface area contributed by atoms with Gasteiger partial charge in [0.25, 0.3) is 0 Å². The van der Waals surface area contributed by atoms with E-state index in [9.17, 15) is 9.90 Å². The highest BCUT2D eigenvalue weighted by atomic mass is 35.5. The number of benzene rings is 3. The normalized spacial score (nSPS) is 18.1. The minimum atomic E-state index is -2.56. The van der Waals surface area contributed by atoms with Gasteiger partial charge in [-0.3, -0.25) is 4.79 Å². The zero-order chi connectivity index (χ0) is 27.7. The number of halogens is 1. The molecular weight excluding hydrogens is 527 g/mol. The summed E-state index contributed by atoms with van der Waals surface area (Å²) in [5.74, 6) is 0.526. The predicted octanol–water partition coefficient (Wildman–Crippen LogP) is 6.58. The Bertz CT molecular complexity index is 1270. The molecule has 39 heavy (non-hydrogen) atoms. The summed E-state index contributed by atoms with van der Waals surface area (Å²) in [6.07, 6.45) is 8.26. The van der Waals surface area contributed by atoms with Crippen LogP contribution in [0.4, 0.5) is 0 Å². The van der Waals surface area contributed by atoms with Crippen molar-refractivity contribution in [2.75, 3.05) is 13.2 Å². The second-order valence-electron chi connectivity index (χ2n) is 8.94. The van der Waals surface area contributed by atoms with E-state index in [2.05, 4.69) is 42.2 Å². The molecule has 4 rings (SSSR count). The van der Waals surface area contributed by atoms with Crippen LogP contribution >= 0.6 is 18.9 Å². The van der Waals surface area contributed by atoms with Gasteiger partial charge in [-0.1, -0.05) is 78.9 Å². The third kappa shape index (κ3) is 5.88. The summed E-state index contributed by atoms with van der Waals surface area (Å²) in [7, 11) is -2.56. The standard InChI is InChI=1S/C33H32ClO4P/c1-3-37-29(31(32(36)38-4-2)33(34)24-16-8-15-23-30(33)35)25-39(26-17-9-5-10-18-26,27-19-11-6-12-20-27)28-21-13-7-14-22-28/h5-25,31H,3-4H2,1-2H3/p+1/b29-25-. The number of alkyl halides is 1. The Kier molecular flexibility index (Phi) is 9.45. The second-order valence-corrected chi connectivity index (χ2v) is 12.8. The number of carbonyl (C=O) groups is 1. The minimum absolute atomic E-state index is 0.157. The predicted molar refractivity (Wildman–Crippen MR) is 163 cm³/mol. The first-order chi connectivity index (χ1) is 19.0. The van der Waals surface area contributed by atoms with Gasteiger partial charge in [0.15, 0.2) is 0 Å². The van der Waals surface area contributed by atoms with Crippen LogP contribution in [0.2, 0.25) is 0 Å². The van der Waals surface area contributed by atoms with Gasteiger partial charge < -0.3 is 14.6 Å². The van der Waals surface area contributed by atoms with Crippen molar-refractivity contribution in [2.45, 2.75) is 18.7 Å². The van der Waals surface area contributed by atoms with Gasteiger partial charge in [-0.05, 0) is 56.3 Å². The lowest BCUT2D eigenvalue weighted by Gasteiger charge is -2.33. The first-order valence-corrected chi connectivity index (χ1v) is 15.2. The van der Waals surface area contributed by atoms with Crippen molar-refractivity contribution in [3.05, 3.63) is 139 Å². The highest BCUT2D eigenvalue weighted by molar-refractivity contribution is 7.98. The van der Waals surface area contributed by atoms with E-state index < -0.39 is 24.0 Å². The lowest BCUT2D eigenvalue weighted by molar-refractivity contribution is -0.148. The van der Waals surface area contributed by atoms with Gasteiger partial charge in [0.05, 0.1) is 13.2 Å². The van der Waals surface area contributed by atoms with Crippen molar-refractivity contribution in [2.24, 2.45) is 5.92 Å². The van der Waals surface area contributed by atoms with Crippen molar-refractivity contribution in [3.63, 3.8) is 0 Å². The van der Waals surface area contributed by atoms with Crippen molar-refractivity contribution >= 4 is 40.7 Å². The first-order valence-electron chi connectivity index (χ1n) is 13.0. The molecule has 0 aliphatic heterocycles. The van der Waals surface area contributed by atoms with Crippen molar-refractivity contribution in [1.29, 1.82) is 0 Å². The van der Waals surface area contributed by atoms with E-state index in [4.69, 9.17) is 21.1 Å². The molecule has 1 aliphatic rings. The maximum Gasteiger partial charge on any atom is 0.319 e. The summed E-state index contributed by atoms with van der Waals surface area (Å²) in [4.78, 5) is 12.1. The van der Waals surface area contributed by atoms with Crippen LogP contribution in [-0.2, 0) is 14.3 Å². The van der Waals surface area contributed by atoms with Gasteiger partial charge in [-0.15, -0.1) is 11.6 Å². The quantitative estimate of drug-likeness (QED) is 0.132. The molecule has 2 atom stereocenters. The number of rotatable bonds is 10. The fourth-order valence-corrected chi connectivity index (χ4v) is 9.00. The molecule has 1 aliphatic carbocycles. The molecule has 0 fully saturated rings. The average molecular weight is 560 g/mol. The Balaban J connectivity index is 2.10. The average Bonchev–Trinajstić information content (AvgIpc) is 3.13. The number of hydrogen-bond donors (Lipinski definition) is 1. The summed E-state index contributed by atoms with van der Waals surface area (Å²) in [5, 5.41) is 14.4. The number of allylic oxidation sites excluding steroid dienone is 5. The molecule has 0 saturated heterocycles. The Hall–Kier alpha value is -3.59. The van der Waals surface area contributed by atoms with Gasteiger partial charge in [0.2, 0.25) is 0 Å². The van der Waals surface area contributed by atoms with Crippen LogP contribution in [0, 0.1) is 5.92 Å². The third-order valence-corrected chi connectivity index (χ3v) is 11.1. The number of aliphatic hydroxyl groups excluding tert-OH is 1. The molecular formula is C33H33ClO4P+. The summed E-state index contributed by atoms with van der Waals surface area (Å²) in [6, 6.07) is 30.7. The fraction of sp³-hybridized carbons (Fsp3) is 0.182. The summed E-state index contributed by atoms with van der Waals surface area (Å²) < 4.78 is 11.9. The number of aliphatic hydroxyl groups is 1. The van der Waals surface area contributed by atoms with Gasteiger partial charge in [-0.2, -0.15) is 0 Å². The van der Waals surface area contributed by atoms with E-state index in [-0.39, 0.29) is 12.4 Å². The van der Waals surface area contributed by atoms with Crippen molar-refractivity contribution in [1.82, 2.24) is 0 Å². The Morgan fingerprint density at radius 1 is 0.821 bits per heavy atom. The Labute approximate surface area is 236 Å². The Morgan fingerprint density at radius 2 is 1.31 bits per heavy atom. The molecule has 6 heteroatoms. The summed E-state index contributed by atoms with van der Waals surface area (Å²) in [5.41, 5.74) is 0. The van der Waals surface area contributed by atoms with Gasteiger partial charge in [0.1, 0.15) is 51.3 Å². The van der Waals surface area contributed by atoms with E-state index in [1.165, 1.54) is 6.08 Å².